The summed E-state index contributed by atoms with van der Waals surface area (Å²) in [6.45, 7) is 13.0. The molecule has 0 aromatic carbocycles. The van der Waals surface area contributed by atoms with E-state index in [9.17, 15) is 4.79 Å². The molecule has 2 rings (SSSR count). The van der Waals surface area contributed by atoms with Crippen molar-refractivity contribution in [1.29, 1.82) is 0 Å². The average Bonchev–Trinajstić information content (AvgIpc) is 2.24. The van der Waals surface area contributed by atoms with Crippen LogP contribution >= 0.6 is 0 Å². The minimum absolute atomic E-state index is 0.156. The average molecular weight is 238 g/mol. The third kappa shape index (κ3) is 2.49. The van der Waals surface area contributed by atoms with Crippen molar-refractivity contribution in [3.05, 3.63) is 0 Å². The fourth-order valence-corrected chi connectivity index (χ4v) is 3.12. The van der Waals surface area contributed by atoms with E-state index in [1.54, 1.807) is 0 Å². The summed E-state index contributed by atoms with van der Waals surface area (Å²) in [5.74, 6) is 0.491. The molecule has 1 amide bonds. The van der Waals surface area contributed by atoms with Crippen LogP contribution in [0.5, 0.6) is 0 Å². The van der Waals surface area contributed by atoms with Crippen LogP contribution in [0.25, 0.3) is 0 Å². The van der Waals surface area contributed by atoms with Crippen LogP contribution in [-0.4, -0.2) is 47.9 Å². The summed E-state index contributed by atoms with van der Waals surface area (Å²) < 4.78 is 0. The summed E-state index contributed by atoms with van der Waals surface area (Å²) >= 11 is 0. The maximum Gasteiger partial charge on any atom is 0.225 e. The topological polar surface area (TPSA) is 23.6 Å². The molecule has 0 aliphatic carbocycles. The van der Waals surface area contributed by atoms with E-state index in [0.717, 1.165) is 13.1 Å². The van der Waals surface area contributed by atoms with Crippen molar-refractivity contribution >= 4 is 5.91 Å². The lowest BCUT2D eigenvalue weighted by Gasteiger charge is -2.55. The minimum Gasteiger partial charge on any atom is -0.341 e. The van der Waals surface area contributed by atoms with Crippen molar-refractivity contribution < 1.29 is 4.79 Å². The van der Waals surface area contributed by atoms with E-state index in [-0.39, 0.29) is 5.92 Å². The highest BCUT2D eigenvalue weighted by Gasteiger charge is 2.46. The molecule has 0 radical (unpaired) electrons. The molecule has 0 saturated carbocycles. The molecule has 0 bridgehead atoms. The lowest BCUT2D eigenvalue weighted by molar-refractivity contribution is -0.150. The Kier molecular flexibility index (Phi) is 3.48. The van der Waals surface area contributed by atoms with Crippen molar-refractivity contribution in [2.45, 2.75) is 46.6 Å². The number of amides is 1. The van der Waals surface area contributed by atoms with Gasteiger partial charge in [-0.05, 0) is 39.8 Å². The van der Waals surface area contributed by atoms with Crippen molar-refractivity contribution in [1.82, 2.24) is 9.80 Å². The standard InChI is InChI=1S/C14H26N2O/c1-11(2)13(17)16-9-14(10-16)5-7-15(8-6-14)12(3)4/h11-12H,5-10H2,1-4H3. The molecule has 2 heterocycles. The second kappa shape index (κ2) is 4.60. The van der Waals surface area contributed by atoms with E-state index < -0.39 is 0 Å². The Labute approximate surface area is 105 Å². The maximum absolute atomic E-state index is 11.8. The summed E-state index contributed by atoms with van der Waals surface area (Å²) in [5, 5.41) is 0. The van der Waals surface area contributed by atoms with Gasteiger partial charge in [-0.2, -0.15) is 0 Å². The van der Waals surface area contributed by atoms with Gasteiger partial charge in [0, 0.05) is 30.5 Å². The Bertz CT molecular complexity index is 283. The molecule has 0 atom stereocenters. The zero-order valence-corrected chi connectivity index (χ0v) is 11.7. The van der Waals surface area contributed by atoms with E-state index in [4.69, 9.17) is 0 Å². The minimum atomic E-state index is 0.156. The van der Waals surface area contributed by atoms with Crippen LogP contribution in [0.15, 0.2) is 0 Å². The summed E-state index contributed by atoms with van der Waals surface area (Å²) in [6.07, 6.45) is 2.54. The third-order valence-electron chi connectivity index (χ3n) is 4.45. The second-order valence-corrected chi connectivity index (χ2v) is 6.48. The Morgan fingerprint density at radius 2 is 1.59 bits per heavy atom. The number of piperidine rings is 1. The number of nitrogens with zero attached hydrogens (tertiary/aromatic N) is 2. The van der Waals surface area contributed by atoms with E-state index in [1.807, 2.05) is 13.8 Å². The molecule has 98 valence electrons. The smallest absolute Gasteiger partial charge is 0.225 e. The highest BCUT2D eigenvalue weighted by atomic mass is 16.2. The van der Waals surface area contributed by atoms with Gasteiger partial charge in [0.1, 0.15) is 0 Å². The predicted octanol–water partition coefficient (Wildman–Crippen LogP) is 1.98. The summed E-state index contributed by atoms with van der Waals surface area (Å²) in [6, 6.07) is 0.667. The lowest BCUT2D eigenvalue weighted by atomic mass is 9.71. The highest BCUT2D eigenvalue weighted by Crippen LogP contribution is 2.41. The third-order valence-corrected chi connectivity index (χ3v) is 4.45. The number of likely N-dealkylation sites (tertiary alicyclic amines) is 2. The second-order valence-electron chi connectivity index (χ2n) is 6.48. The summed E-state index contributed by atoms with van der Waals surface area (Å²) in [5.41, 5.74) is 0.468. The molecule has 2 saturated heterocycles. The number of hydrogen-bond acceptors (Lipinski definition) is 2. The first kappa shape index (κ1) is 12.9. The number of carbonyl (C=O) groups excluding carboxylic acids is 1. The molecular weight excluding hydrogens is 212 g/mol. The molecule has 2 fully saturated rings. The monoisotopic (exact) mass is 238 g/mol. The van der Waals surface area contributed by atoms with E-state index in [1.165, 1.54) is 25.9 Å². The maximum atomic E-state index is 11.8. The van der Waals surface area contributed by atoms with Crippen molar-refractivity contribution in [2.75, 3.05) is 26.2 Å². The van der Waals surface area contributed by atoms with Gasteiger partial charge in [-0.15, -0.1) is 0 Å². The van der Waals surface area contributed by atoms with Gasteiger partial charge in [0.05, 0.1) is 0 Å². The molecule has 1 spiro atoms. The Hall–Kier alpha value is -0.570. The molecule has 17 heavy (non-hydrogen) atoms. The molecule has 3 nitrogen and oxygen atoms in total. The van der Waals surface area contributed by atoms with Crippen molar-refractivity contribution in [3.63, 3.8) is 0 Å². The zero-order valence-electron chi connectivity index (χ0n) is 11.7. The van der Waals surface area contributed by atoms with Crippen LogP contribution in [0.2, 0.25) is 0 Å². The van der Waals surface area contributed by atoms with Gasteiger partial charge in [0.25, 0.3) is 0 Å². The Morgan fingerprint density at radius 1 is 1.06 bits per heavy atom. The highest BCUT2D eigenvalue weighted by molar-refractivity contribution is 5.79. The number of carbonyl (C=O) groups is 1. The van der Waals surface area contributed by atoms with Crippen LogP contribution in [0.1, 0.15) is 40.5 Å². The molecule has 2 aliphatic rings. The quantitative estimate of drug-likeness (QED) is 0.734. The molecule has 0 unspecified atom stereocenters. The lowest BCUT2D eigenvalue weighted by Crippen LogP contribution is -2.62. The number of hydrogen-bond donors (Lipinski definition) is 0. The fourth-order valence-electron chi connectivity index (χ4n) is 3.12. The zero-order chi connectivity index (χ0) is 12.6. The molecule has 0 aromatic rings. The molecule has 0 aromatic heterocycles. The van der Waals surface area contributed by atoms with Crippen molar-refractivity contribution in [2.24, 2.45) is 11.3 Å². The van der Waals surface area contributed by atoms with Gasteiger partial charge in [0.15, 0.2) is 0 Å². The van der Waals surface area contributed by atoms with Crippen LogP contribution in [0.3, 0.4) is 0 Å². The van der Waals surface area contributed by atoms with Crippen LogP contribution < -0.4 is 0 Å². The number of rotatable bonds is 2. The summed E-state index contributed by atoms with van der Waals surface area (Å²) in [4.78, 5) is 16.4. The first-order valence-corrected chi connectivity index (χ1v) is 6.96. The van der Waals surface area contributed by atoms with Gasteiger partial charge < -0.3 is 9.80 Å². The van der Waals surface area contributed by atoms with Gasteiger partial charge >= 0.3 is 0 Å². The first-order chi connectivity index (χ1) is 7.93. The Morgan fingerprint density at radius 3 is 2.00 bits per heavy atom. The summed E-state index contributed by atoms with van der Waals surface area (Å²) in [7, 11) is 0. The molecule has 0 N–H and O–H groups in total. The van der Waals surface area contributed by atoms with E-state index >= 15 is 0 Å². The largest absolute Gasteiger partial charge is 0.341 e. The predicted molar refractivity (Wildman–Crippen MR) is 69.8 cm³/mol. The van der Waals surface area contributed by atoms with Crippen LogP contribution in [0, 0.1) is 11.3 Å². The van der Waals surface area contributed by atoms with E-state index in [0.29, 0.717) is 17.4 Å². The normalized spacial score (nSPS) is 24.5. The van der Waals surface area contributed by atoms with Crippen LogP contribution in [0.4, 0.5) is 0 Å². The van der Waals surface area contributed by atoms with E-state index in [2.05, 4.69) is 23.6 Å². The molecular formula is C14H26N2O. The van der Waals surface area contributed by atoms with Gasteiger partial charge in [-0.3, -0.25) is 4.79 Å². The SMILES string of the molecule is CC(C)C(=O)N1CC2(CCN(C(C)C)CC2)C1. The van der Waals surface area contributed by atoms with Gasteiger partial charge in [0.2, 0.25) is 5.91 Å². The molecule has 2 aliphatic heterocycles. The van der Waals surface area contributed by atoms with Gasteiger partial charge in [-0.25, -0.2) is 0 Å². The first-order valence-electron chi connectivity index (χ1n) is 6.96. The Balaban J connectivity index is 1.81. The van der Waals surface area contributed by atoms with Crippen molar-refractivity contribution in [3.8, 4) is 0 Å². The van der Waals surface area contributed by atoms with Crippen LogP contribution in [-0.2, 0) is 4.79 Å². The molecule has 3 heteroatoms. The van der Waals surface area contributed by atoms with Gasteiger partial charge in [-0.1, -0.05) is 13.8 Å². The fraction of sp³-hybridized carbons (Fsp3) is 0.929.